The lowest BCUT2D eigenvalue weighted by Gasteiger charge is -2.49. The molecule has 1 saturated heterocycles. The Kier molecular flexibility index (Phi) is 6.71. The number of rotatable bonds is 7. The summed E-state index contributed by atoms with van der Waals surface area (Å²) in [7, 11) is 1.66. The average molecular weight is 488 g/mol. The van der Waals surface area contributed by atoms with E-state index in [0.29, 0.717) is 32.5 Å². The maximum Gasteiger partial charge on any atom is 0.269 e. The van der Waals surface area contributed by atoms with Gasteiger partial charge in [0.2, 0.25) is 5.91 Å². The summed E-state index contributed by atoms with van der Waals surface area (Å²) in [5, 5.41) is 14.5. The fraction of sp³-hybridized carbons (Fsp3) is 0.333. The Morgan fingerprint density at radius 1 is 1.14 bits per heavy atom. The van der Waals surface area contributed by atoms with Gasteiger partial charge in [-0.05, 0) is 42.3 Å². The summed E-state index contributed by atoms with van der Waals surface area (Å²) in [6, 6.07) is 18.6. The summed E-state index contributed by atoms with van der Waals surface area (Å²) >= 11 is 0. The van der Waals surface area contributed by atoms with Crippen LogP contribution < -0.4 is 19.9 Å². The van der Waals surface area contributed by atoms with E-state index in [1.807, 2.05) is 48.5 Å². The second kappa shape index (κ2) is 10.2. The Morgan fingerprint density at radius 3 is 2.75 bits per heavy atom. The number of fused-ring (bicyclic) bond motifs is 3. The lowest BCUT2D eigenvalue weighted by Crippen LogP contribution is -2.61. The average Bonchev–Trinajstić information content (AvgIpc) is 2.92. The number of methoxy groups -OCH3 is 1. The maximum absolute atomic E-state index is 13.5. The highest BCUT2D eigenvalue weighted by molar-refractivity contribution is 5.82. The van der Waals surface area contributed by atoms with Gasteiger partial charge in [0, 0.05) is 62.3 Å². The molecule has 1 N–H and O–H groups in total. The van der Waals surface area contributed by atoms with Crippen LogP contribution in [-0.4, -0.2) is 55.1 Å². The van der Waals surface area contributed by atoms with E-state index in [9.17, 15) is 14.9 Å². The van der Waals surface area contributed by atoms with Gasteiger partial charge in [-0.25, -0.2) is 0 Å². The summed E-state index contributed by atoms with van der Waals surface area (Å²) in [4.78, 5) is 33.4. The van der Waals surface area contributed by atoms with E-state index in [1.54, 1.807) is 25.4 Å². The van der Waals surface area contributed by atoms with Crippen molar-refractivity contribution in [2.24, 2.45) is 5.92 Å². The number of piperazine rings is 1. The molecular weight excluding hydrogens is 458 g/mol. The number of hydrogen-bond acceptors (Lipinski definition) is 7. The lowest BCUT2D eigenvalue weighted by molar-refractivity contribution is -0.384. The van der Waals surface area contributed by atoms with E-state index < -0.39 is 0 Å². The van der Waals surface area contributed by atoms with Crippen molar-refractivity contribution < 1.29 is 14.5 Å². The molecule has 0 unspecified atom stereocenters. The molecule has 2 atom stereocenters. The third-order valence-corrected chi connectivity index (χ3v) is 7.08. The first kappa shape index (κ1) is 23.6. The van der Waals surface area contributed by atoms with Crippen LogP contribution in [0.3, 0.4) is 0 Å². The van der Waals surface area contributed by atoms with Crippen LogP contribution in [0.4, 0.5) is 17.1 Å². The van der Waals surface area contributed by atoms with Gasteiger partial charge in [-0.15, -0.1) is 0 Å². The van der Waals surface area contributed by atoms with Crippen molar-refractivity contribution in [3.8, 4) is 5.75 Å². The number of hydrogen-bond donors (Lipinski definition) is 1. The largest absolute Gasteiger partial charge is 0.495 e. The second-order valence-electron chi connectivity index (χ2n) is 9.12. The Labute approximate surface area is 209 Å². The minimum atomic E-state index is -0.381. The number of non-ortho nitro benzene ring substituents is 1. The Hall–Kier alpha value is -4.14. The number of nitro benzene ring substituents is 1. The van der Waals surface area contributed by atoms with Crippen molar-refractivity contribution in [1.29, 1.82) is 0 Å². The number of ether oxygens (including phenoxy) is 1. The summed E-state index contributed by atoms with van der Waals surface area (Å²) < 4.78 is 5.59. The zero-order valence-electron chi connectivity index (χ0n) is 20.2. The second-order valence-corrected chi connectivity index (χ2v) is 9.12. The molecule has 2 aliphatic heterocycles. The van der Waals surface area contributed by atoms with Crippen molar-refractivity contribution >= 4 is 23.0 Å². The summed E-state index contributed by atoms with van der Waals surface area (Å²) in [5.41, 5.74) is 3.79. The number of anilines is 2. The van der Waals surface area contributed by atoms with Crippen molar-refractivity contribution in [3.05, 3.63) is 88.2 Å². The number of aromatic nitrogens is 1. The van der Waals surface area contributed by atoms with Crippen LogP contribution >= 0.6 is 0 Å². The fourth-order valence-electron chi connectivity index (χ4n) is 5.32. The van der Waals surface area contributed by atoms with Gasteiger partial charge in [-0.2, -0.15) is 0 Å². The van der Waals surface area contributed by atoms with Crippen molar-refractivity contribution in [3.63, 3.8) is 0 Å². The number of nitrogens with one attached hydrogen (secondary N) is 1. The first-order valence-electron chi connectivity index (χ1n) is 12.1. The molecule has 186 valence electrons. The molecule has 1 aromatic heterocycles. The van der Waals surface area contributed by atoms with E-state index in [2.05, 4.69) is 20.1 Å². The molecule has 0 saturated carbocycles. The van der Waals surface area contributed by atoms with Gasteiger partial charge in [0.05, 0.1) is 29.7 Å². The number of nitrogens with zero attached hydrogens (tertiary/aromatic N) is 4. The molecule has 36 heavy (non-hydrogen) atoms. The molecule has 3 aromatic rings. The van der Waals surface area contributed by atoms with Crippen molar-refractivity contribution in [1.82, 2.24) is 10.3 Å². The van der Waals surface area contributed by atoms with Gasteiger partial charge in [-0.1, -0.05) is 18.2 Å². The van der Waals surface area contributed by atoms with Crippen LogP contribution in [0.15, 0.2) is 66.9 Å². The summed E-state index contributed by atoms with van der Waals surface area (Å²) in [6.45, 7) is 2.58. The topological polar surface area (TPSA) is 101 Å². The first-order chi connectivity index (χ1) is 17.5. The van der Waals surface area contributed by atoms with Crippen molar-refractivity contribution in [2.75, 3.05) is 43.1 Å². The molecule has 0 spiro atoms. The Morgan fingerprint density at radius 2 is 1.97 bits per heavy atom. The predicted octanol–water partition coefficient (Wildman–Crippen LogP) is 3.22. The Bertz CT molecular complexity index is 1250. The highest BCUT2D eigenvalue weighted by atomic mass is 16.6. The van der Waals surface area contributed by atoms with Gasteiger partial charge < -0.3 is 19.9 Å². The van der Waals surface area contributed by atoms with E-state index in [-0.39, 0.29) is 28.5 Å². The lowest BCUT2D eigenvalue weighted by atomic mass is 9.83. The van der Waals surface area contributed by atoms with Crippen LogP contribution in [0, 0.1) is 16.0 Å². The van der Waals surface area contributed by atoms with E-state index in [4.69, 9.17) is 4.74 Å². The van der Waals surface area contributed by atoms with Crippen LogP contribution in [-0.2, 0) is 17.6 Å². The number of carbonyl (C=O) groups excluding carboxylic acids is 1. The SMILES string of the molecule is COc1ccccc1N1CCN2c3ccc([N+](=O)[O-])cc3C[C@@H](C(=O)NCCc3ccccn3)[C@@H]2C1. The molecule has 9 nitrogen and oxygen atoms in total. The molecule has 3 heterocycles. The highest BCUT2D eigenvalue weighted by Crippen LogP contribution is 2.39. The number of benzene rings is 2. The molecule has 2 aliphatic rings. The Balaban J connectivity index is 1.41. The predicted molar refractivity (Wildman–Crippen MR) is 138 cm³/mol. The number of para-hydroxylation sites is 2. The molecule has 5 rings (SSSR count). The molecule has 9 heteroatoms. The van der Waals surface area contributed by atoms with Crippen LogP contribution in [0.25, 0.3) is 0 Å². The van der Waals surface area contributed by atoms with E-state index >= 15 is 0 Å². The van der Waals surface area contributed by atoms with Crippen LogP contribution in [0.1, 0.15) is 11.3 Å². The van der Waals surface area contributed by atoms with Crippen LogP contribution in [0.2, 0.25) is 0 Å². The summed E-state index contributed by atoms with van der Waals surface area (Å²) in [6.07, 6.45) is 2.84. The minimum absolute atomic E-state index is 0.0417. The molecule has 0 aliphatic carbocycles. The third kappa shape index (κ3) is 4.68. The zero-order chi connectivity index (χ0) is 25.1. The van der Waals surface area contributed by atoms with Crippen molar-refractivity contribution in [2.45, 2.75) is 18.9 Å². The van der Waals surface area contributed by atoms with Gasteiger partial charge >= 0.3 is 0 Å². The number of pyridine rings is 1. The van der Waals surface area contributed by atoms with E-state index in [1.165, 1.54) is 0 Å². The number of nitro groups is 1. The highest BCUT2D eigenvalue weighted by Gasteiger charge is 2.42. The van der Waals surface area contributed by atoms with Crippen LogP contribution in [0.5, 0.6) is 5.75 Å². The normalized spacial score (nSPS) is 18.7. The van der Waals surface area contributed by atoms with Gasteiger partial charge in [0.15, 0.2) is 0 Å². The molecule has 0 bridgehead atoms. The quantitative estimate of drug-likeness (QED) is 0.403. The van der Waals surface area contributed by atoms with Gasteiger partial charge in [0.1, 0.15) is 5.75 Å². The minimum Gasteiger partial charge on any atom is -0.495 e. The molecule has 2 aromatic carbocycles. The third-order valence-electron chi connectivity index (χ3n) is 7.08. The zero-order valence-corrected chi connectivity index (χ0v) is 20.2. The molecule has 1 fully saturated rings. The number of amides is 1. The van der Waals surface area contributed by atoms with Gasteiger partial charge in [0.25, 0.3) is 5.69 Å². The van der Waals surface area contributed by atoms with Gasteiger partial charge in [-0.3, -0.25) is 19.9 Å². The summed E-state index contributed by atoms with van der Waals surface area (Å²) in [5.74, 6) is 0.412. The maximum atomic E-state index is 13.5. The number of carbonyl (C=O) groups is 1. The molecule has 1 amide bonds. The molecule has 0 radical (unpaired) electrons. The molecular formula is C27H29N5O4. The monoisotopic (exact) mass is 487 g/mol. The first-order valence-corrected chi connectivity index (χ1v) is 12.1. The fourth-order valence-corrected chi connectivity index (χ4v) is 5.32. The standard InChI is InChI=1S/C27H29N5O4/c1-36-26-8-3-2-7-24(26)30-14-15-31-23-10-9-21(32(34)35)16-19(23)17-22(25(31)18-30)27(33)29-13-11-20-6-4-5-12-28-20/h2-10,12,16,22,25H,11,13-15,17-18H2,1H3,(H,29,33)/t22-,25+/m1/s1. The smallest absolute Gasteiger partial charge is 0.269 e. The van der Waals surface area contributed by atoms with E-state index in [0.717, 1.165) is 34.9 Å².